The van der Waals surface area contributed by atoms with E-state index in [0.717, 1.165) is 0 Å². The monoisotopic (exact) mass is 342 g/mol. The maximum Gasteiger partial charge on any atom is 0.345 e. The van der Waals surface area contributed by atoms with Gasteiger partial charge in [0.25, 0.3) is 11.6 Å². The summed E-state index contributed by atoms with van der Waals surface area (Å²) in [5.74, 6) is -1.30. The molecule has 7 nitrogen and oxygen atoms in total. The van der Waals surface area contributed by atoms with Crippen molar-refractivity contribution in [1.29, 1.82) is 0 Å². The van der Waals surface area contributed by atoms with Crippen molar-refractivity contribution in [3.05, 3.63) is 69.8 Å². The molecule has 0 saturated carbocycles. The summed E-state index contributed by atoms with van der Waals surface area (Å²) < 4.78 is 5.01. The van der Waals surface area contributed by atoms with Gasteiger partial charge in [-0.2, -0.15) is 0 Å². The number of rotatable bonds is 6. The van der Waals surface area contributed by atoms with E-state index >= 15 is 0 Å². The van der Waals surface area contributed by atoms with E-state index in [1.54, 1.807) is 31.2 Å². The molecule has 2 aromatic rings. The third-order valence-corrected chi connectivity index (χ3v) is 3.65. The number of nitrogens with zero attached hydrogens (tertiary/aromatic N) is 2. The lowest BCUT2D eigenvalue weighted by Gasteiger charge is -2.20. The topological polar surface area (TPSA) is 89.8 Å². The zero-order chi connectivity index (χ0) is 18.4. The van der Waals surface area contributed by atoms with Crippen LogP contribution in [0, 0.1) is 17.0 Å². The van der Waals surface area contributed by atoms with Gasteiger partial charge in [-0.05, 0) is 32.0 Å². The lowest BCUT2D eigenvalue weighted by atomic mass is 10.1. The summed E-state index contributed by atoms with van der Waals surface area (Å²) in [5, 5.41) is 11.1. The number of ether oxygens (including phenoxy) is 1. The van der Waals surface area contributed by atoms with E-state index < -0.39 is 23.4 Å². The highest BCUT2D eigenvalue weighted by Crippen LogP contribution is 2.23. The minimum absolute atomic E-state index is 0.166. The normalized spacial score (nSPS) is 10.2. The number of anilines is 1. The molecule has 0 heterocycles. The van der Waals surface area contributed by atoms with Gasteiger partial charge in [-0.25, -0.2) is 4.79 Å². The predicted molar refractivity (Wildman–Crippen MR) is 92.6 cm³/mol. The number of esters is 1. The Morgan fingerprint density at radius 1 is 1.12 bits per heavy atom. The first-order valence-corrected chi connectivity index (χ1v) is 7.72. The molecule has 0 fully saturated rings. The maximum atomic E-state index is 12.3. The Morgan fingerprint density at radius 3 is 2.40 bits per heavy atom. The number of para-hydroxylation sites is 2. The number of aryl methyl sites for hydroxylation is 1. The van der Waals surface area contributed by atoms with E-state index in [9.17, 15) is 19.7 Å². The molecule has 25 heavy (non-hydrogen) atoms. The van der Waals surface area contributed by atoms with Crippen molar-refractivity contribution in [3.63, 3.8) is 0 Å². The minimum atomic E-state index is -0.895. The average molecular weight is 342 g/mol. The first-order valence-electron chi connectivity index (χ1n) is 7.72. The molecule has 0 unspecified atom stereocenters. The Hall–Kier alpha value is -3.22. The number of likely N-dealkylation sites (N-methyl/N-ethyl adjacent to an activating group) is 1. The molecule has 7 heteroatoms. The fourth-order valence-corrected chi connectivity index (χ4v) is 2.46. The molecule has 0 saturated heterocycles. The fraction of sp³-hybridized carbons (Fsp3) is 0.222. The lowest BCUT2D eigenvalue weighted by Crippen LogP contribution is -2.34. The van der Waals surface area contributed by atoms with Crippen LogP contribution in [0.5, 0.6) is 0 Å². The van der Waals surface area contributed by atoms with Gasteiger partial charge in [0.15, 0.2) is 6.61 Å². The SMILES string of the molecule is CCN(C(=O)COC(=O)c1cccc(C)c1[N+](=O)[O-])c1ccccc1. The number of nitro benzene ring substituents is 1. The highest BCUT2D eigenvalue weighted by atomic mass is 16.6. The zero-order valence-electron chi connectivity index (χ0n) is 14.0. The van der Waals surface area contributed by atoms with Gasteiger partial charge in [0.05, 0.1) is 4.92 Å². The Morgan fingerprint density at radius 2 is 1.80 bits per heavy atom. The molecule has 0 aliphatic carbocycles. The number of hydrogen-bond acceptors (Lipinski definition) is 5. The Bertz CT molecular complexity index is 789. The van der Waals surface area contributed by atoms with E-state index in [2.05, 4.69) is 0 Å². The summed E-state index contributed by atoms with van der Waals surface area (Å²) in [7, 11) is 0. The predicted octanol–water partition coefficient (Wildman–Crippen LogP) is 3.11. The van der Waals surface area contributed by atoms with Crippen LogP contribution in [0.2, 0.25) is 0 Å². The van der Waals surface area contributed by atoms with E-state index in [1.807, 2.05) is 6.07 Å². The van der Waals surface area contributed by atoms with Gasteiger partial charge < -0.3 is 9.64 Å². The minimum Gasteiger partial charge on any atom is -0.452 e. The summed E-state index contributed by atoms with van der Waals surface area (Å²) in [5.41, 5.74) is 0.564. The summed E-state index contributed by atoms with van der Waals surface area (Å²) >= 11 is 0. The van der Waals surface area contributed by atoms with Gasteiger partial charge in [0.1, 0.15) is 5.56 Å². The van der Waals surface area contributed by atoms with Crippen LogP contribution < -0.4 is 4.90 Å². The van der Waals surface area contributed by atoms with Crippen molar-refractivity contribution in [2.24, 2.45) is 0 Å². The highest BCUT2D eigenvalue weighted by Gasteiger charge is 2.25. The van der Waals surface area contributed by atoms with Gasteiger partial charge in [0, 0.05) is 17.8 Å². The Kier molecular flexibility index (Phi) is 5.84. The molecule has 0 radical (unpaired) electrons. The molecule has 0 bridgehead atoms. The van der Waals surface area contributed by atoms with Crippen LogP contribution in [-0.4, -0.2) is 30.0 Å². The maximum absolute atomic E-state index is 12.3. The second-order valence-corrected chi connectivity index (χ2v) is 5.28. The van der Waals surface area contributed by atoms with Crippen molar-refractivity contribution in [2.45, 2.75) is 13.8 Å². The summed E-state index contributed by atoms with van der Waals surface area (Å²) in [6, 6.07) is 13.4. The highest BCUT2D eigenvalue weighted by molar-refractivity contribution is 5.98. The van der Waals surface area contributed by atoms with Crippen molar-refractivity contribution in [2.75, 3.05) is 18.1 Å². The molecular weight excluding hydrogens is 324 g/mol. The van der Waals surface area contributed by atoms with E-state index in [-0.39, 0.29) is 11.3 Å². The number of hydrogen-bond donors (Lipinski definition) is 0. The van der Waals surface area contributed by atoms with Crippen LogP contribution in [0.3, 0.4) is 0 Å². The van der Waals surface area contributed by atoms with E-state index in [0.29, 0.717) is 17.8 Å². The largest absolute Gasteiger partial charge is 0.452 e. The van der Waals surface area contributed by atoms with Crippen molar-refractivity contribution in [3.8, 4) is 0 Å². The Balaban J connectivity index is 2.11. The van der Waals surface area contributed by atoms with Gasteiger partial charge in [-0.15, -0.1) is 0 Å². The second kappa shape index (κ2) is 8.05. The number of carbonyl (C=O) groups excluding carboxylic acids is 2. The van der Waals surface area contributed by atoms with Crippen LogP contribution in [0.25, 0.3) is 0 Å². The standard InChI is InChI=1S/C18H18N2O5/c1-3-19(14-9-5-4-6-10-14)16(21)12-25-18(22)15-11-7-8-13(2)17(15)20(23)24/h4-11H,3,12H2,1-2H3. The van der Waals surface area contributed by atoms with E-state index in [4.69, 9.17) is 4.74 Å². The quantitative estimate of drug-likeness (QED) is 0.457. The number of carbonyl (C=O) groups is 2. The fourth-order valence-electron chi connectivity index (χ4n) is 2.46. The lowest BCUT2D eigenvalue weighted by molar-refractivity contribution is -0.385. The Labute approximate surface area is 145 Å². The van der Waals surface area contributed by atoms with E-state index in [1.165, 1.54) is 30.0 Å². The average Bonchev–Trinajstić information content (AvgIpc) is 2.60. The number of benzene rings is 2. The molecular formula is C18H18N2O5. The van der Waals surface area contributed by atoms with Crippen LogP contribution in [0.1, 0.15) is 22.8 Å². The van der Waals surface area contributed by atoms with Gasteiger partial charge in [-0.1, -0.05) is 30.3 Å². The third kappa shape index (κ3) is 4.20. The molecule has 0 N–H and O–H groups in total. The molecule has 130 valence electrons. The molecule has 0 spiro atoms. The molecule has 2 rings (SSSR count). The van der Waals surface area contributed by atoms with Crippen molar-refractivity contribution in [1.82, 2.24) is 0 Å². The summed E-state index contributed by atoms with van der Waals surface area (Å²) in [6.07, 6.45) is 0. The molecule has 1 amide bonds. The van der Waals surface area contributed by atoms with Crippen molar-refractivity contribution < 1.29 is 19.2 Å². The van der Waals surface area contributed by atoms with Crippen LogP contribution >= 0.6 is 0 Å². The van der Waals surface area contributed by atoms with Gasteiger partial charge in [-0.3, -0.25) is 14.9 Å². The molecule has 0 aromatic heterocycles. The molecule has 0 atom stereocenters. The van der Waals surface area contributed by atoms with Crippen LogP contribution in [0.15, 0.2) is 48.5 Å². The van der Waals surface area contributed by atoms with Crippen molar-refractivity contribution >= 4 is 23.3 Å². The van der Waals surface area contributed by atoms with Gasteiger partial charge in [0.2, 0.25) is 0 Å². The second-order valence-electron chi connectivity index (χ2n) is 5.28. The number of amides is 1. The molecule has 0 aliphatic heterocycles. The van der Waals surface area contributed by atoms with Crippen LogP contribution in [-0.2, 0) is 9.53 Å². The zero-order valence-corrected chi connectivity index (χ0v) is 14.0. The first kappa shape index (κ1) is 18.1. The smallest absolute Gasteiger partial charge is 0.345 e. The third-order valence-electron chi connectivity index (χ3n) is 3.65. The molecule has 0 aliphatic rings. The summed E-state index contributed by atoms with van der Waals surface area (Å²) in [6.45, 7) is 3.25. The van der Waals surface area contributed by atoms with Gasteiger partial charge >= 0.3 is 5.97 Å². The molecule has 2 aromatic carbocycles. The summed E-state index contributed by atoms with van der Waals surface area (Å²) in [4.78, 5) is 36.5. The number of nitro groups is 1. The van der Waals surface area contributed by atoms with Crippen LogP contribution in [0.4, 0.5) is 11.4 Å². The first-order chi connectivity index (χ1) is 12.0.